The molecule has 3 aromatic rings. The normalized spacial score (nSPS) is 15.4. The number of hydrogen-bond acceptors (Lipinski definition) is 8. The summed E-state index contributed by atoms with van der Waals surface area (Å²) in [5, 5.41) is 0. The van der Waals surface area contributed by atoms with Crippen LogP contribution in [-0.4, -0.2) is 37.1 Å². The Morgan fingerprint density at radius 1 is 1.14 bits per heavy atom. The number of carbonyl (C=O) groups excluding carboxylic acids is 1. The summed E-state index contributed by atoms with van der Waals surface area (Å²) < 4.78 is 18.5. The highest BCUT2D eigenvalue weighted by Gasteiger charge is 2.33. The van der Waals surface area contributed by atoms with Gasteiger partial charge >= 0.3 is 5.97 Å². The lowest BCUT2D eigenvalue weighted by Gasteiger charge is -2.24. The first-order chi connectivity index (χ1) is 17.4. The molecule has 2 aromatic carbocycles. The predicted octanol–water partition coefficient (Wildman–Crippen LogP) is 3.93. The van der Waals surface area contributed by atoms with E-state index in [1.165, 1.54) is 11.3 Å². The molecule has 0 unspecified atom stereocenters. The van der Waals surface area contributed by atoms with Gasteiger partial charge in [-0.25, -0.2) is 9.79 Å². The van der Waals surface area contributed by atoms with E-state index in [4.69, 9.17) is 14.2 Å². The van der Waals surface area contributed by atoms with Gasteiger partial charge in [-0.2, -0.15) is 0 Å². The van der Waals surface area contributed by atoms with Gasteiger partial charge in [-0.1, -0.05) is 29.5 Å². The number of esters is 1. The smallest absolute Gasteiger partial charge is 0.338 e. The summed E-state index contributed by atoms with van der Waals surface area (Å²) in [5.74, 6) is 0.760. The van der Waals surface area contributed by atoms with E-state index in [0.717, 1.165) is 16.0 Å². The van der Waals surface area contributed by atoms with Gasteiger partial charge in [0.2, 0.25) is 0 Å². The second-order valence-corrected chi connectivity index (χ2v) is 9.81. The van der Waals surface area contributed by atoms with E-state index in [9.17, 15) is 9.59 Å². The SMILES string of the molecule is CCOC(=O)C1=C(C)N=c2s/c(=C\c3ccc(OC)c(OCC)c3)c(=O)n2[C@H]1c1ccc(SC)cc1. The average molecular weight is 525 g/mol. The van der Waals surface area contributed by atoms with Gasteiger partial charge < -0.3 is 14.2 Å². The van der Waals surface area contributed by atoms with Gasteiger partial charge in [-0.15, -0.1) is 11.8 Å². The fourth-order valence-corrected chi connectivity index (χ4v) is 5.55. The van der Waals surface area contributed by atoms with E-state index in [2.05, 4.69) is 4.99 Å². The van der Waals surface area contributed by atoms with E-state index in [-0.39, 0.29) is 12.2 Å². The van der Waals surface area contributed by atoms with Crippen LogP contribution in [0.4, 0.5) is 0 Å². The van der Waals surface area contributed by atoms with Crippen molar-refractivity contribution in [3.8, 4) is 11.5 Å². The largest absolute Gasteiger partial charge is 0.493 e. The molecule has 4 rings (SSSR count). The van der Waals surface area contributed by atoms with Gasteiger partial charge in [-0.3, -0.25) is 9.36 Å². The highest BCUT2D eigenvalue weighted by molar-refractivity contribution is 7.98. The summed E-state index contributed by atoms with van der Waals surface area (Å²) in [6.07, 6.45) is 3.81. The highest BCUT2D eigenvalue weighted by atomic mass is 32.2. The number of rotatable bonds is 8. The van der Waals surface area contributed by atoms with Crippen molar-refractivity contribution in [3.05, 3.63) is 84.5 Å². The van der Waals surface area contributed by atoms with Crippen LogP contribution in [0.25, 0.3) is 6.08 Å². The molecule has 0 radical (unpaired) electrons. The van der Waals surface area contributed by atoms with E-state index in [1.807, 2.05) is 61.7 Å². The summed E-state index contributed by atoms with van der Waals surface area (Å²) in [5.41, 5.74) is 2.31. The Morgan fingerprint density at radius 2 is 1.89 bits per heavy atom. The Kier molecular flexibility index (Phi) is 8.01. The number of hydrogen-bond donors (Lipinski definition) is 0. The second-order valence-electron chi connectivity index (χ2n) is 7.92. The lowest BCUT2D eigenvalue weighted by Crippen LogP contribution is -2.39. The number of thioether (sulfide) groups is 1. The zero-order chi connectivity index (χ0) is 25.8. The zero-order valence-corrected chi connectivity index (χ0v) is 22.5. The quantitative estimate of drug-likeness (QED) is 0.328. The third-order valence-corrected chi connectivity index (χ3v) is 7.46. The second kappa shape index (κ2) is 11.2. The minimum atomic E-state index is -0.631. The third kappa shape index (κ3) is 4.99. The molecule has 0 saturated carbocycles. The molecule has 0 fully saturated rings. The number of fused-ring (bicyclic) bond motifs is 1. The van der Waals surface area contributed by atoms with Crippen LogP contribution in [0.3, 0.4) is 0 Å². The summed E-state index contributed by atoms with van der Waals surface area (Å²) in [7, 11) is 1.59. The van der Waals surface area contributed by atoms with Gasteiger partial charge in [0.25, 0.3) is 5.56 Å². The molecule has 36 heavy (non-hydrogen) atoms. The number of nitrogens with zero attached hydrogens (tertiary/aromatic N) is 2. The number of thiazole rings is 1. The van der Waals surface area contributed by atoms with Crippen LogP contribution in [0.5, 0.6) is 11.5 Å². The van der Waals surface area contributed by atoms with Crippen molar-refractivity contribution in [3.63, 3.8) is 0 Å². The molecule has 1 aliphatic heterocycles. The van der Waals surface area contributed by atoms with Crippen LogP contribution in [0.15, 0.2) is 68.4 Å². The molecule has 0 bridgehead atoms. The molecule has 1 atom stereocenters. The zero-order valence-electron chi connectivity index (χ0n) is 20.9. The summed E-state index contributed by atoms with van der Waals surface area (Å²) >= 11 is 2.92. The van der Waals surface area contributed by atoms with E-state index >= 15 is 0 Å². The lowest BCUT2D eigenvalue weighted by molar-refractivity contribution is -0.139. The Labute approximate surface area is 217 Å². The monoisotopic (exact) mass is 524 g/mol. The Balaban J connectivity index is 1.90. The number of ether oxygens (including phenoxy) is 3. The molecule has 0 spiro atoms. The van der Waals surface area contributed by atoms with E-state index in [0.29, 0.717) is 38.7 Å². The standard InChI is InChI=1S/C27H28N2O5S2/c1-6-33-21-14-17(8-13-20(21)32-4)15-22-25(30)29-24(18-9-11-19(35-5)12-10-18)23(26(31)34-7-2)16(3)28-27(29)36-22/h8-15,24H,6-7H2,1-5H3/b22-15-/t24-/m0/s1. The number of aromatic nitrogens is 1. The molecule has 9 heteroatoms. The third-order valence-electron chi connectivity index (χ3n) is 5.73. The number of methoxy groups -OCH3 is 1. The molecule has 1 aromatic heterocycles. The van der Waals surface area contributed by atoms with Crippen LogP contribution >= 0.6 is 23.1 Å². The molecule has 2 heterocycles. The summed E-state index contributed by atoms with van der Waals surface area (Å²) in [4.78, 5) is 33.0. The van der Waals surface area contributed by atoms with Gasteiger partial charge in [0, 0.05) is 4.90 Å². The Hall–Kier alpha value is -3.30. The summed E-state index contributed by atoms with van der Waals surface area (Å²) in [6, 6.07) is 12.8. The minimum Gasteiger partial charge on any atom is -0.493 e. The van der Waals surface area contributed by atoms with Gasteiger partial charge in [-0.05, 0) is 68.5 Å². The van der Waals surface area contributed by atoms with Crippen LogP contribution in [0, 0.1) is 0 Å². The predicted molar refractivity (Wildman–Crippen MR) is 143 cm³/mol. The van der Waals surface area contributed by atoms with E-state index < -0.39 is 12.0 Å². The molecule has 0 amide bonds. The van der Waals surface area contributed by atoms with Gasteiger partial charge in [0.15, 0.2) is 16.3 Å². The maximum atomic E-state index is 13.7. The Morgan fingerprint density at radius 3 is 2.53 bits per heavy atom. The molecule has 188 valence electrons. The van der Waals surface area contributed by atoms with Crippen LogP contribution in [-0.2, 0) is 9.53 Å². The van der Waals surface area contributed by atoms with Crippen LogP contribution < -0.4 is 24.4 Å². The van der Waals surface area contributed by atoms with Crippen molar-refractivity contribution in [2.75, 3.05) is 26.6 Å². The first-order valence-corrected chi connectivity index (χ1v) is 13.6. The molecule has 7 nitrogen and oxygen atoms in total. The van der Waals surface area contributed by atoms with Crippen molar-refractivity contribution in [2.45, 2.75) is 31.7 Å². The first kappa shape index (κ1) is 25.8. The molecule has 0 saturated heterocycles. The van der Waals surface area contributed by atoms with Gasteiger partial charge in [0.1, 0.15) is 0 Å². The molecular formula is C27H28N2O5S2. The lowest BCUT2D eigenvalue weighted by atomic mass is 9.96. The average Bonchev–Trinajstić information content (AvgIpc) is 3.18. The Bertz CT molecular complexity index is 1490. The maximum absolute atomic E-state index is 13.7. The van der Waals surface area contributed by atoms with Crippen molar-refractivity contribution in [1.82, 2.24) is 4.57 Å². The van der Waals surface area contributed by atoms with Gasteiger partial charge in [0.05, 0.1) is 42.2 Å². The van der Waals surface area contributed by atoms with Crippen molar-refractivity contribution >= 4 is 35.1 Å². The van der Waals surface area contributed by atoms with Crippen LogP contribution in [0.1, 0.15) is 37.9 Å². The fraction of sp³-hybridized carbons (Fsp3) is 0.296. The highest BCUT2D eigenvalue weighted by Crippen LogP contribution is 2.32. The molecule has 0 N–H and O–H groups in total. The maximum Gasteiger partial charge on any atom is 0.338 e. The van der Waals surface area contributed by atoms with E-state index in [1.54, 1.807) is 37.3 Å². The topological polar surface area (TPSA) is 79.1 Å². The summed E-state index contributed by atoms with van der Waals surface area (Å²) in [6.45, 7) is 6.17. The van der Waals surface area contributed by atoms with Crippen molar-refractivity contribution in [2.24, 2.45) is 4.99 Å². The van der Waals surface area contributed by atoms with Crippen molar-refractivity contribution in [1.29, 1.82) is 0 Å². The number of allylic oxidation sites excluding steroid dienone is 1. The number of carbonyl (C=O) groups is 1. The number of benzene rings is 2. The first-order valence-electron chi connectivity index (χ1n) is 11.6. The molecule has 0 aliphatic carbocycles. The van der Waals surface area contributed by atoms with Crippen molar-refractivity contribution < 1.29 is 19.0 Å². The molecule has 1 aliphatic rings. The van der Waals surface area contributed by atoms with Crippen LogP contribution in [0.2, 0.25) is 0 Å². The fourth-order valence-electron chi connectivity index (χ4n) is 4.10. The molecular weight excluding hydrogens is 496 g/mol. The minimum absolute atomic E-state index is 0.222.